The standard InChI is InChI=1S/C22H22Cl2N2O5S/c1-13(27)26-12-32-11-20(26)21(28)25-19(22(29)30)9-14-5-7-15(8-6-14)31-10-16-17(23)3-2-4-18(16)24/h2-8,19-20H,9-12H2,1H3,(H,25,28)(H,29,30)/t19-,20-/m0/s1. The monoisotopic (exact) mass is 496 g/mol. The number of nitrogens with zero attached hydrogens (tertiary/aromatic N) is 1. The van der Waals surface area contributed by atoms with Gasteiger partial charge in [0.2, 0.25) is 11.8 Å². The fraction of sp³-hybridized carbons (Fsp3) is 0.318. The molecule has 32 heavy (non-hydrogen) atoms. The van der Waals surface area contributed by atoms with E-state index in [-0.39, 0.29) is 18.9 Å². The summed E-state index contributed by atoms with van der Waals surface area (Å²) in [7, 11) is 0. The molecule has 3 rings (SSSR count). The molecule has 1 saturated heterocycles. The number of halogens is 2. The minimum absolute atomic E-state index is 0.0949. The molecular formula is C22H22Cl2N2O5S. The van der Waals surface area contributed by atoms with Gasteiger partial charge in [0.05, 0.1) is 5.88 Å². The Labute approximate surface area is 200 Å². The van der Waals surface area contributed by atoms with Gasteiger partial charge in [-0.3, -0.25) is 9.59 Å². The third kappa shape index (κ3) is 6.09. The van der Waals surface area contributed by atoms with Crippen molar-refractivity contribution in [3.63, 3.8) is 0 Å². The number of nitrogens with one attached hydrogen (secondary N) is 1. The molecule has 0 bridgehead atoms. The summed E-state index contributed by atoms with van der Waals surface area (Å²) < 4.78 is 5.73. The van der Waals surface area contributed by atoms with Crippen molar-refractivity contribution < 1.29 is 24.2 Å². The van der Waals surface area contributed by atoms with Gasteiger partial charge in [-0.2, -0.15) is 0 Å². The Morgan fingerprint density at radius 3 is 2.44 bits per heavy atom. The Morgan fingerprint density at radius 2 is 1.84 bits per heavy atom. The maximum atomic E-state index is 12.6. The zero-order valence-electron chi connectivity index (χ0n) is 17.2. The Kier molecular flexibility index (Phi) is 8.28. The number of rotatable bonds is 8. The molecule has 0 unspecified atom stereocenters. The highest BCUT2D eigenvalue weighted by atomic mass is 35.5. The first kappa shape index (κ1) is 24.2. The second kappa shape index (κ2) is 10.9. The van der Waals surface area contributed by atoms with Crippen LogP contribution in [-0.2, 0) is 27.4 Å². The normalized spacial score (nSPS) is 16.5. The highest BCUT2D eigenvalue weighted by Crippen LogP contribution is 2.26. The molecule has 0 aromatic heterocycles. The molecule has 1 aliphatic heterocycles. The molecule has 2 atom stereocenters. The van der Waals surface area contributed by atoms with Crippen molar-refractivity contribution in [3.05, 3.63) is 63.6 Å². The predicted molar refractivity (Wildman–Crippen MR) is 124 cm³/mol. The highest BCUT2D eigenvalue weighted by molar-refractivity contribution is 7.99. The fourth-order valence-corrected chi connectivity index (χ4v) is 4.95. The van der Waals surface area contributed by atoms with Crippen molar-refractivity contribution in [1.82, 2.24) is 10.2 Å². The minimum Gasteiger partial charge on any atom is -0.489 e. The molecule has 0 saturated carbocycles. The first-order valence-electron chi connectivity index (χ1n) is 9.79. The van der Waals surface area contributed by atoms with Gasteiger partial charge >= 0.3 is 5.97 Å². The van der Waals surface area contributed by atoms with Gasteiger partial charge in [0.15, 0.2) is 0 Å². The van der Waals surface area contributed by atoms with Crippen molar-refractivity contribution >= 4 is 52.7 Å². The third-order valence-electron chi connectivity index (χ3n) is 5.01. The Bertz CT molecular complexity index is 982. The topological polar surface area (TPSA) is 95.9 Å². The van der Waals surface area contributed by atoms with Gasteiger partial charge in [-0.05, 0) is 29.8 Å². The van der Waals surface area contributed by atoms with Crippen LogP contribution >= 0.6 is 35.0 Å². The predicted octanol–water partition coefficient (Wildman–Crippen LogP) is 3.61. The second-order valence-corrected chi connectivity index (χ2v) is 9.06. The minimum atomic E-state index is -1.15. The van der Waals surface area contributed by atoms with Crippen molar-refractivity contribution in [3.8, 4) is 5.75 Å². The number of carbonyl (C=O) groups excluding carboxylic acids is 2. The van der Waals surface area contributed by atoms with E-state index in [1.165, 1.54) is 23.6 Å². The lowest BCUT2D eigenvalue weighted by atomic mass is 10.1. The second-order valence-electron chi connectivity index (χ2n) is 7.24. The quantitative estimate of drug-likeness (QED) is 0.579. The van der Waals surface area contributed by atoms with Crippen LogP contribution in [0, 0.1) is 0 Å². The number of ether oxygens (including phenoxy) is 1. The highest BCUT2D eigenvalue weighted by Gasteiger charge is 2.35. The zero-order chi connectivity index (χ0) is 23.3. The fourth-order valence-electron chi connectivity index (χ4n) is 3.22. The van der Waals surface area contributed by atoms with Crippen LogP contribution in [0.3, 0.4) is 0 Å². The number of hydrogen-bond acceptors (Lipinski definition) is 5. The maximum absolute atomic E-state index is 12.6. The first-order chi connectivity index (χ1) is 15.3. The van der Waals surface area contributed by atoms with Gasteiger partial charge in [-0.1, -0.05) is 41.4 Å². The SMILES string of the molecule is CC(=O)N1CSC[C@H]1C(=O)N[C@@H](Cc1ccc(OCc2c(Cl)cccc2Cl)cc1)C(=O)O. The molecule has 0 aliphatic carbocycles. The summed E-state index contributed by atoms with van der Waals surface area (Å²) in [5.74, 6) is -0.386. The molecule has 2 aromatic carbocycles. The van der Waals surface area contributed by atoms with Crippen LogP contribution in [0.25, 0.3) is 0 Å². The summed E-state index contributed by atoms with van der Waals surface area (Å²) in [6, 6.07) is 10.3. The summed E-state index contributed by atoms with van der Waals surface area (Å²) >= 11 is 13.7. The van der Waals surface area contributed by atoms with Crippen LogP contribution in [0.4, 0.5) is 0 Å². The summed E-state index contributed by atoms with van der Waals surface area (Å²) in [6.07, 6.45) is 0.0949. The third-order valence-corrected chi connectivity index (χ3v) is 6.73. The Morgan fingerprint density at radius 1 is 1.19 bits per heavy atom. The number of hydrogen-bond donors (Lipinski definition) is 2. The maximum Gasteiger partial charge on any atom is 0.326 e. The molecule has 0 radical (unpaired) electrons. The number of carboxylic acid groups (broad SMARTS) is 1. The molecule has 170 valence electrons. The number of carbonyl (C=O) groups is 3. The first-order valence-corrected chi connectivity index (χ1v) is 11.7. The van der Waals surface area contributed by atoms with Gasteiger partial charge in [0.25, 0.3) is 0 Å². The van der Waals surface area contributed by atoms with Crippen LogP contribution in [0.15, 0.2) is 42.5 Å². The molecule has 2 amide bonds. The van der Waals surface area contributed by atoms with Crippen molar-refractivity contribution in [1.29, 1.82) is 0 Å². The molecule has 2 aromatic rings. The molecule has 1 heterocycles. The van der Waals surface area contributed by atoms with Crippen LogP contribution in [0.2, 0.25) is 10.0 Å². The van der Waals surface area contributed by atoms with E-state index in [0.717, 1.165) is 0 Å². The van der Waals surface area contributed by atoms with Crippen molar-refractivity contribution in [2.75, 3.05) is 11.6 Å². The molecule has 10 heteroatoms. The number of carboxylic acids is 1. The van der Waals surface area contributed by atoms with Crippen molar-refractivity contribution in [2.24, 2.45) is 0 Å². The van der Waals surface area contributed by atoms with E-state index in [9.17, 15) is 19.5 Å². The van der Waals surface area contributed by atoms with Crippen molar-refractivity contribution in [2.45, 2.75) is 32.0 Å². The van der Waals surface area contributed by atoms with Crippen LogP contribution in [0.1, 0.15) is 18.1 Å². The number of amides is 2. The lowest BCUT2D eigenvalue weighted by molar-refractivity contribution is -0.143. The lowest BCUT2D eigenvalue weighted by Gasteiger charge is -2.23. The lowest BCUT2D eigenvalue weighted by Crippen LogP contribution is -2.52. The Hall–Kier alpha value is -2.42. The number of thioether (sulfide) groups is 1. The summed E-state index contributed by atoms with van der Waals surface area (Å²) in [6.45, 7) is 1.59. The molecule has 7 nitrogen and oxygen atoms in total. The largest absolute Gasteiger partial charge is 0.489 e. The van der Waals surface area contributed by atoms with Crippen LogP contribution in [0.5, 0.6) is 5.75 Å². The van der Waals surface area contributed by atoms with E-state index >= 15 is 0 Å². The molecular weight excluding hydrogens is 475 g/mol. The Balaban J connectivity index is 1.60. The molecule has 2 N–H and O–H groups in total. The molecule has 0 spiro atoms. The van der Waals surface area contributed by atoms with Gasteiger partial charge in [0.1, 0.15) is 24.4 Å². The van der Waals surface area contributed by atoms with E-state index in [1.807, 2.05) is 0 Å². The zero-order valence-corrected chi connectivity index (χ0v) is 19.5. The van der Waals surface area contributed by atoms with Gasteiger partial charge < -0.3 is 20.1 Å². The average molecular weight is 497 g/mol. The van der Waals surface area contributed by atoms with E-state index in [2.05, 4.69) is 5.32 Å². The smallest absolute Gasteiger partial charge is 0.326 e. The van der Waals surface area contributed by atoms with E-state index in [4.69, 9.17) is 27.9 Å². The number of benzene rings is 2. The molecule has 1 fully saturated rings. The van der Waals surface area contributed by atoms with E-state index in [1.54, 1.807) is 42.5 Å². The summed E-state index contributed by atoms with van der Waals surface area (Å²) in [5.41, 5.74) is 1.39. The van der Waals surface area contributed by atoms with Gasteiger partial charge in [-0.15, -0.1) is 11.8 Å². The summed E-state index contributed by atoms with van der Waals surface area (Å²) in [4.78, 5) is 37.4. The molecule has 1 aliphatic rings. The van der Waals surface area contributed by atoms with Gasteiger partial charge in [-0.25, -0.2) is 4.79 Å². The number of aliphatic carboxylic acids is 1. The van der Waals surface area contributed by atoms with Crippen LogP contribution in [-0.4, -0.2) is 51.5 Å². The van der Waals surface area contributed by atoms with E-state index in [0.29, 0.717) is 38.6 Å². The van der Waals surface area contributed by atoms with E-state index < -0.39 is 24.0 Å². The summed E-state index contributed by atoms with van der Waals surface area (Å²) in [5, 5.41) is 13.2. The average Bonchev–Trinajstić information content (AvgIpc) is 3.24. The van der Waals surface area contributed by atoms with Gasteiger partial charge in [0, 0.05) is 34.7 Å². The van der Waals surface area contributed by atoms with Crippen LogP contribution < -0.4 is 10.1 Å².